The first-order valence-corrected chi connectivity index (χ1v) is 8.59. The van der Waals surface area contributed by atoms with E-state index in [1.165, 1.54) is 0 Å². The first-order chi connectivity index (χ1) is 11.5. The lowest BCUT2D eigenvalue weighted by Gasteiger charge is -2.39. The summed E-state index contributed by atoms with van der Waals surface area (Å²) in [6.07, 6.45) is -0.197. The Hall–Kier alpha value is -2.08. The van der Waals surface area contributed by atoms with Crippen molar-refractivity contribution in [2.24, 2.45) is 0 Å². The number of nitrogens with zero attached hydrogens (tertiary/aromatic N) is 2. The Labute approximate surface area is 142 Å². The molecule has 2 aliphatic rings. The van der Waals surface area contributed by atoms with Gasteiger partial charge in [-0.05, 0) is 32.9 Å². The molecule has 1 aromatic carbocycles. The Balaban J connectivity index is 1.69. The van der Waals surface area contributed by atoms with Crippen LogP contribution in [0.5, 0.6) is 5.75 Å². The van der Waals surface area contributed by atoms with Gasteiger partial charge in [-0.15, -0.1) is 0 Å². The second-order valence-corrected chi connectivity index (χ2v) is 6.54. The molecule has 1 N–H and O–H groups in total. The van der Waals surface area contributed by atoms with Gasteiger partial charge in [0.2, 0.25) is 5.91 Å². The number of hydrogen-bond donors (Lipinski definition) is 1. The molecule has 0 aliphatic carbocycles. The molecular weight excluding hydrogens is 306 g/mol. The molecule has 3 unspecified atom stereocenters. The van der Waals surface area contributed by atoms with E-state index in [9.17, 15) is 9.59 Å². The third-order valence-electron chi connectivity index (χ3n) is 4.98. The van der Waals surface area contributed by atoms with Gasteiger partial charge in [0.25, 0.3) is 5.91 Å². The van der Waals surface area contributed by atoms with E-state index in [4.69, 9.17) is 4.74 Å². The van der Waals surface area contributed by atoms with Crippen molar-refractivity contribution >= 4 is 17.5 Å². The first-order valence-electron chi connectivity index (χ1n) is 8.59. The van der Waals surface area contributed by atoms with Gasteiger partial charge in [0.05, 0.1) is 5.69 Å². The third kappa shape index (κ3) is 3.11. The molecule has 0 saturated carbocycles. The molecule has 1 aromatic rings. The number of piperazine rings is 1. The molecule has 0 spiro atoms. The molecule has 2 amide bonds. The van der Waals surface area contributed by atoms with Crippen LogP contribution >= 0.6 is 0 Å². The van der Waals surface area contributed by atoms with Crippen molar-refractivity contribution in [2.75, 3.05) is 24.5 Å². The van der Waals surface area contributed by atoms with Crippen molar-refractivity contribution in [2.45, 2.75) is 45.4 Å². The van der Waals surface area contributed by atoms with E-state index in [1.54, 1.807) is 11.8 Å². The number of benzene rings is 1. The highest BCUT2D eigenvalue weighted by molar-refractivity contribution is 6.00. The summed E-state index contributed by atoms with van der Waals surface area (Å²) in [4.78, 5) is 28.7. The van der Waals surface area contributed by atoms with Gasteiger partial charge in [0.1, 0.15) is 5.75 Å². The minimum absolute atomic E-state index is 0.0942. The minimum Gasteiger partial charge on any atom is -0.479 e. The quantitative estimate of drug-likeness (QED) is 0.909. The van der Waals surface area contributed by atoms with E-state index in [-0.39, 0.29) is 23.9 Å². The average Bonchev–Trinajstić information content (AvgIpc) is 2.57. The average molecular weight is 331 g/mol. The number of carbonyl (C=O) groups excluding carboxylic acids is 2. The van der Waals surface area contributed by atoms with Gasteiger partial charge >= 0.3 is 0 Å². The lowest BCUT2D eigenvalue weighted by molar-refractivity contribution is -0.134. The predicted octanol–water partition coefficient (Wildman–Crippen LogP) is 1.40. The summed E-state index contributed by atoms with van der Waals surface area (Å²) in [7, 11) is 0. The van der Waals surface area contributed by atoms with Crippen LogP contribution in [-0.4, -0.2) is 54.5 Å². The number of fused-ring (bicyclic) bond motifs is 1. The molecule has 24 heavy (non-hydrogen) atoms. The maximum Gasteiger partial charge on any atom is 0.267 e. The Bertz CT molecular complexity index is 634. The fourth-order valence-electron chi connectivity index (χ4n) is 3.35. The van der Waals surface area contributed by atoms with Gasteiger partial charge in [-0.25, -0.2) is 0 Å². The third-order valence-corrected chi connectivity index (χ3v) is 4.98. The molecule has 0 radical (unpaired) electrons. The monoisotopic (exact) mass is 331 g/mol. The van der Waals surface area contributed by atoms with Gasteiger partial charge in [0.15, 0.2) is 6.10 Å². The summed E-state index contributed by atoms with van der Waals surface area (Å²) in [6.45, 7) is 7.81. The van der Waals surface area contributed by atoms with Gasteiger partial charge in [-0.1, -0.05) is 12.1 Å². The van der Waals surface area contributed by atoms with E-state index < -0.39 is 6.10 Å². The fraction of sp³-hybridized carbons (Fsp3) is 0.556. The zero-order chi connectivity index (χ0) is 17.3. The smallest absolute Gasteiger partial charge is 0.267 e. The number of para-hydroxylation sites is 2. The van der Waals surface area contributed by atoms with Crippen LogP contribution in [0.25, 0.3) is 0 Å². The molecule has 2 aliphatic heterocycles. The number of nitrogens with one attached hydrogen (secondary N) is 1. The maximum absolute atomic E-state index is 12.6. The van der Waals surface area contributed by atoms with Crippen molar-refractivity contribution in [1.29, 1.82) is 0 Å². The Kier molecular flexibility index (Phi) is 4.76. The zero-order valence-electron chi connectivity index (χ0n) is 14.5. The van der Waals surface area contributed by atoms with Crippen molar-refractivity contribution in [1.82, 2.24) is 10.2 Å². The lowest BCUT2D eigenvalue weighted by Crippen LogP contribution is -2.57. The SMILES string of the molecule is CC1Oc2ccccc2N(CCC(=O)N2CCNC(C)C2C)C1=O. The summed E-state index contributed by atoms with van der Waals surface area (Å²) in [6, 6.07) is 7.92. The molecule has 6 heteroatoms. The van der Waals surface area contributed by atoms with E-state index in [1.807, 2.05) is 29.2 Å². The highest BCUT2D eigenvalue weighted by Crippen LogP contribution is 2.33. The minimum atomic E-state index is -0.520. The number of hydrogen-bond acceptors (Lipinski definition) is 4. The standard InChI is InChI=1S/C18H25N3O3/c1-12-13(2)20(11-9-19-12)17(22)8-10-21-15-6-4-5-7-16(15)24-14(3)18(21)23/h4-7,12-14,19H,8-11H2,1-3H3. The van der Waals surface area contributed by atoms with Crippen molar-refractivity contribution in [3.63, 3.8) is 0 Å². The molecule has 1 saturated heterocycles. The van der Waals surface area contributed by atoms with Crippen molar-refractivity contribution in [3.8, 4) is 5.75 Å². The van der Waals surface area contributed by atoms with E-state index in [0.717, 1.165) is 12.2 Å². The second kappa shape index (κ2) is 6.81. The van der Waals surface area contributed by atoms with Crippen molar-refractivity contribution in [3.05, 3.63) is 24.3 Å². The molecule has 2 heterocycles. The Morgan fingerprint density at radius 1 is 1.29 bits per heavy atom. The molecule has 0 aromatic heterocycles. The lowest BCUT2D eigenvalue weighted by atomic mass is 10.1. The van der Waals surface area contributed by atoms with Crippen LogP contribution in [0.3, 0.4) is 0 Å². The molecule has 3 rings (SSSR count). The number of carbonyl (C=O) groups is 2. The maximum atomic E-state index is 12.6. The summed E-state index contributed by atoms with van der Waals surface area (Å²) < 4.78 is 5.63. The number of rotatable bonds is 3. The number of anilines is 1. The van der Waals surface area contributed by atoms with Gasteiger partial charge < -0.3 is 19.9 Å². The topological polar surface area (TPSA) is 61.9 Å². The van der Waals surface area contributed by atoms with Crippen LogP contribution in [-0.2, 0) is 9.59 Å². The summed E-state index contributed by atoms with van der Waals surface area (Å²) in [5, 5.41) is 3.37. The summed E-state index contributed by atoms with van der Waals surface area (Å²) in [5.41, 5.74) is 0.745. The zero-order valence-corrected chi connectivity index (χ0v) is 14.5. The van der Waals surface area contributed by atoms with Gasteiger partial charge in [0, 0.05) is 38.1 Å². The Morgan fingerprint density at radius 2 is 2.04 bits per heavy atom. The van der Waals surface area contributed by atoms with Gasteiger partial charge in [-0.2, -0.15) is 0 Å². The first kappa shape index (κ1) is 16.8. The van der Waals surface area contributed by atoms with Crippen LogP contribution in [0.1, 0.15) is 27.2 Å². The van der Waals surface area contributed by atoms with Crippen LogP contribution in [0.4, 0.5) is 5.69 Å². The second-order valence-electron chi connectivity index (χ2n) is 6.54. The van der Waals surface area contributed by atoms with Crippen LogP contribution in [0.2, 0.25) is 0 Å². The summed E-state index contributed by atoms with van der Waals surface area (Å²) in [5.74, 6) is 0.699. The highest BCUT2D eigenvalue weighted by atomic mass is 16.5. The van der Waals surface area contributed by atoms with E-state index in [2.05, 4.69) is 19.2 Å². The summed E-state index contributed by atoms with van der Waals surface area (Å²) >= 11 is 0. The molecular formula is C18H25N3O3. The van der Waals surface area contributed by atoms with Crippen LogP contribution in [0.15, 0.2) is 24.3 Å². The van der Waals surface area contributed by atoms with E-state index in [0.29, 0.717) is 25.3 Å². The number of amides is 2. The largest absolute Gasteiger partial charge is 0.479 e. The van der Waals surface area contributed by atoms with Gasteiger partial charge in [-0.3, -0.25) is 9.59 Å². The molecule has 130 valence electrons. The fourth-order valence-corrected chi connectivity index (χ4v) is 3.35. The van der Waals surface area contributed by atoms with E-state index >= 15 is 0 Å². The van der Waals surface area contributed by atoms with Crippen LogP contribution in [0, 0.1) is 0 Å². The molecule has 1 fully saturated rings. The molecule has 6 nitrogen and oxygen atoms in total. The normalized spacial score (nSPS) is 26.8. The number of ether oxygens (including phenoxy) is 1. The molecule has 0 bridgehead atoms. The molecule has 3 atom stereocenters. The van der Waals surface area contributed by atoms with Crippen LogP contribution < -0.4 is 15.0 Å². The highest BCUT2D eigenvalue weighted by Gasteiger charge is 2.33. The Morgan fingerprint density at radius 3 is 2.83 bits per heavy atom. The van der Waals surface area contributed by atoms with Crippen molar-refractivity contribution < 1.29 is 14.3 Å². The predicted molar refractivity (Wildman–Crippen MR) is 92.1 cm³/mol.